The van der Waals surface area contributed by atoms with E-state index in [1.165, 1.54) is 57.8 Å². The van der Waals surface area contributed by atoms with Gasteiger partial charge in [-0.1, -0.05) is 58.8 Å². The van der Waals surface area contributed by atoms with E-state index in [1.807, 2.05) is 0 Å². The lowest BCUT2D eigenvalue weighted by atomic mass is 9.81. The first-order valence-corrected chi connectivity index (χ1v) is 7.31. The highest BCUT2D eigenvalue weighted by Crippen LogP contribution is 2.26. The molecule has 0 saturated carbocycles. The maximum Gasteiger partial charge on any atom is 0.0125 e. The van der Waals surface area contributed by atoms with Crippen LogP contribution in [0, 0.1) is 5.92 Å². The van der Waals surface area contributed by atoms with Gasteiger partial charge in [-0.2, -0.15) is 0 Å². The molecule has 0 aliphatic carbocycles. The minimum Gasteiger partial charge on any atom is -0.325 e. The number of hydrogen-bond donors (Lipinski definition) is 1. The first kappa shape index (κ1) is 16.0. The molecule has 0 bridgehead atoms. The summed E-state index contributed by atoms with van der Waals surface area (Å²) in [6, 6.07) is 0. The van der Waals surface area contributed by atoms with E-state index in [0.29, 0.717) is 5.92 Å². The molecule has 0 heterocycles. The predicted octanol–water partition coefficient (Wildman–Crippen LogP) is 4.89. The zero-order valence-corrected chi connectivity index (χ0v) is 12.0. The zero-order valence-electron chi connectivity index (χ0n) is 12.0. The Bertz CT molecular complexity index is 146. The summed E-state index contributed by atoms with van der Waals surface area (Å²) in [5.41, 5.74) is 6.28. The Labute approximate surface area is 103 Å². The molecule has 0 rings (SSSR count). The van der Waals surface area contributed by atoms with Crippen LogP contribution >= 0.6 is 0 Å². The second-order valence-electron chi connectivity index (χ2n) is 5.86. The summed E-state index contributed by atoms with van der Waals surface area (Å²) < 4.78 is 0. The molecule has 0 saturated heterocycles. The standard InChI is InChI=1S/C15H33N/c1-5-7-9-10-11-13-14(12-8-6-2)15(3,4)16/h14H,5-13,16H2,1-4H3. The number of nitrogens with two attached hydrogens (primary N) is 1. The molecule has 98 valence electrons. The molecule has 1 atom stereocenters. The minimum atomic E-state index is 0.0138. The van der Waals surface area contributed by atoms with E-state index in [-0.39, 0.29) is 5.54 Å². The second kappa shape index (κ2) is 9.04. The van der Waals surface area contributed by atoms with Gasteiger partial charge in [-0.25, -0.2) is 0 Å². The highest BCUT2D eigenvalue weighted by atomic mass is 14.7. The zero-order chi connectivity index (χ0) is 12.4. The van der Waals surface area contributed by atoms with Gasteiger partial charge in [0.15, 0.2) is 0 Å². The van der Waals surface area contributed by atoms with Crippen molar-refractivity contribution < 1.29 is 0 Å². The van der Waals surface area contributed by atoms with E-state index in [0.717, 1.165) is 0 Å². The molecular weight excluding hydrogens is 194 g/mol. The van der Waals surface area contributed by atoms with E-state index in [1.54, 1.807) is 0 Å². The van der Waals surface area contributed by atoms with Crippen LogP contribution < -0.4 is 5.73 Å². The van der Waals surface area contributed by atoms with E-state index in [9.17, 15) is 0 Å². The maximum absolute atomic E-state index is 6.26. The third kappa shape index (κ3) is 8.15. The van der Waals surface area contributed by atoms with Crippen LogP contribution in [-0.2, 0) is 0 Å². The van der Waals surface area contributed by atoms with Gasteiger partial charge in [0.05, 0.1) is 0 Å². The summed E-state index contributed by atoms with van der Waals surface area (Å²) in [5.74, 6) is 0.717. The Balaban J connectivity index is 3.75. The number of hydrogen-bond acceptors (Lipinski definition) is 1. The fraction of sp³-hybridized carbons (Fsp3) is 1.00. The van der Waals surface area contributed by atoms with Gasteiger partial charge in [0.25, 0.3) is 0 Å². The molecule has 1 heteroatoms. The lowest BCUT2D eigenvalue weighted by Gasteiger charge is -2.30. The van der Waals surface area contributed by atoms with Gasteiger partial charge in [0, 0.05) is 5.54 Å². The van der Waals surface area contributed by atoms with Crippen LogP contribution in [0.15, 0.2) is 0 Å². The average molecular weight is 227 g/mol. The van der Waals surface area contributed by atoms with Crippen molar-refractivity contribution in [1.29, 1.82) is 0 Å². The first-order valence-electron chi connectivity index (χ1n) is 7.31. The van der Waals surface area contributed by atoms with Gasteiger partial charge in [0.1, 0.15) is 0 Å². The summed E-state index contributed by atoms with van der Waals surface area (Å²) in [5, 5.41) is 0. The molecule has 0 aromatic carbocycles. The maximum atomic E-state index is 6.26. The third-order valence-corrected chi connectivity index (χ3v) is 3.61. The smallest absolute Gasteiger partial charge is 0.0125 e. The Morgan fingerprint density at radius 2 is 1.31 bits per heavy atom. The highest BCUT2D eigenvalue weighted by Gasteiger charge is 2.23. The lowest BCUT2D eigenvalue weighted by molar-refractivity contribution is 0.269. The quantitative estimate of drug-likeness (QED) is 0.528. The van der Waals surface area contributed by atoms with Gasteiger partial charge in [-0.15, -0.1) is 0 Å². The molecule has 0 aliphatic rings. The van der Waals surface area contributed by atoms with E-state index in [4.69, 9.17) is 5.73 Å². The van der Waals surface area contributed by atoms with Crippen LogP contribution in [0.2, 0.25) is 0 Å². The predicted molar refractivity (Wildman–Crippen MR) is 74.7 cm³/mol. The fourth-order valence-electron chi connectivity index (χ4n) is 2.33. The Morgan fingerprint density at radius 3 is 1.81 bits per heavy atom. The largest absolute Gasteiger partial charge is 0.325 e. The summed E-state index contributed by atoms with van der Waals surface area (Å²) in [7, 11) is 0. The molecule has 0 amide bonds. The van der Waals surface area contributed by atoms with Crippen LogP contribution in [0.25, 0.3) is 0 Å². The van der Waals surface area contributed by atoms with Gasteiger partial charge < -0.3 is 5.73 Å². The Kier molecular flexibility index (Phi) is 9.02. The Hall–Kier alpha value is -0.0400. The van der Waals surface area contributed by atoms with Crippen LogP contribution in [-0.4, -0.2) is 5.54 Å². The molecule has 0 fully saturated rings. The normalized spacial score (nSPS) is 14.1. The Morgan fingerprint density at radius 1 is 0.812 bits per heavy atom. The van der Waals surface area contributed by atoms with Gasteiger partial charge in [-0.3, -0.25) is 0 Å². The summed E-state index contributed by atoms with van der Waals surface area (Å²) >= 11 is 0. The number of rotatable bonds is 10. The fourth-order valence-corrected chi connectivity index (χ4v) is 2.33. The molecule has 0 aromatic heterocycles. The summed E-state index contributed by atoms with van der Waals surface area (Å²) in [6.07, 6.45) is 12.2. The molecule has 0 spiro atoms. The molecule has 1 unspecified atom stereocenters. The number of unbranched alkanes of at least 4 members (excludes halogenated alkanes) is 5. The minimum absolute atomic E-state index is 0.0138. The van der Waals surface area contributed by atoms with E-state index >= 15 is 0 Å². The van der Waals surface area contributed by atoms with Crippen LogP contribution in [0.5, 0.6) is 0 Å². The van der Waals surface area contributed by atoms with Gasteiger partial charge in [-0.05, 0) is 32.6 Å². The van der Waals surface area contributed by atoms with Crippen molar-refractivity contribution in [2.75, 3.05) is 0 Å². The molecule has 16 heavy (non-hydrogen) atoms. The van der Waals surface area contributed by atoms with Crippen molar-refractivity contribution in [3.05, 3.63) is 0 Å². The molecule has 0 aliphatic heterocycles. The van der Waals surface area contributed by atoms with Crippen molar-refractivity contribution >= 4 is 0 Å². The lowest BCUT2D eigenvalue weighted by Crippen LogP contribution is -2.40. The first-order chi connectivity index (χ1) is 7.52. The monoisotopic (exact) mass is 227 g/mol. The van der Waals surface area contributed by atoms with Crippen LogP contribution in [0.4, 0.5) is 0 Å². The van der Waals surface area contributed by atoms with Crippen molar-refractivity contribution in [3.63, 3.8) is 0 Å². The SMILES string of the molecule is CCCCCCCC(CCCC)C(C)(C)N. The summed E-state index contributed by atoms with van der Waals surface area (Å²) in [6.45, 7) is 8.92. The highest BCUT2D eigenvalue weighted by molar-refractivity contribution is 4.81. The molecule has 0 aromatic rings. The topological polar surface area (TPSA) is 26.0 Å². The van der Waals surface area contributed by atoms with Crippen LogP contribution in [0.1, 0.15) is 85.5 Å². The third-order valence-electron chi connectivity index (χ3n) is 3.61. The average Bonchev–Trinajstić information content (AvgIpc) is 2.20. The van der Waals surface area contributed by atoms with Crippen LogP contribution in [0.3, 0.4) is 0 Å². The summed E-state index contributed by atoms with van der Waals surface area (Å²) in [4.78, 5) is 0. The van der Waals surface area contributed by atoms with Gasteiger partial charge >= 0.3 is 0 Å². The molecule has 2 N–H and O–H groups in total. The van der Waals surface area contributed by atoms with Crippen molar-refractivity contribution in [2.24, 2.45) is 11.7 Å². The molecule has 0 radical (unpaired) electrons. The van der Waals surface area contributed by atoms with E-state index < -0.39 is 0 Å². The van der Waals surface area contributed by atoms with Crippen molar-refractivity contribution in [1.82, 2.24) is 0 Å². The van der Waals surface area contributed by atoms with E-state index in [2.05, 4.69) is 27.7 Å². The molecular formula is C15H33N. The van der Waals surface area contributed by atoms with Crippen molar-refractivity contribution in [3.8, 4) is 0 Å². The van der Waals surface area contributed by atoms with Gasteiger partial charge in [0.2, 0.25) is 0 Å². The van der Waals surface area contributed by atoms with Crippen molar-refractivity contribution in [2.45, 2.75) is 91.0 Å². The molecule has 1 nitrogen and oxygen atoms in total. The second-order valence-corrected chi connectivity index (χ2v) is 5.86.